The van der Waals surface area contributed by atoms with E-state index in [0.717, 1.165) is 41.1 Å². The normalized spacial score (nSPS) is 10.7. The topological polar surface area (TPSA) is 52.0 Å². The maximum absolute atomic E-state index is 5.22. The molecule has 0 aliphatic carbocycles. The molecule has 6 heteroatoms. The van der Waals surface area contributed by atoms with Crippen LogP contribution in [0.1, 0.15) is 19.0 Å². The van der Waals surface area contributed by atoms with Crippen molar-refractivity contribution in [1.82, 2.24) is 20.3 Å². The molecule has 0 saturated heterocycles. The van der Waals surface area contributed by atoms with E-state index in [2.05, 4.69) is 38.5 Å². The highest BCUT2D eigenvalue weighted by atomic mass is 79.9. The molecule has 0 radical (unpaired) electrons. The van der Waals surface area contributed by atoms with Crippen molar-refractivity contribution in [2.24, 2.45) is 0 Å². The molecule has 0 bridgehead atoms. The minimum absolute atomic E-state index is 0.732. The molecule has 2 aromatic rings. The summed E-state index contributed by atoms with van der Waals surface area (Å²) in [5.41, 5.74) is 1.83. The van der Waals surface area contributed by atoms with Gasteiger partial charge in [0.25, 0.3) is 0 Å². The van der Waals surface area contributed by atoms with Crippen molar-refractivity contribution in [1.29, 1.82) is 0 Å². The Hall–Kier alpha value is -1.40. The van der Waals surface area contributed by atoms with E-state index < -0.39 is 0 Å². The van der Waals surface area contributed by atoms with E-state index >= 15 is 0 Å². The van der Waals surface area contributed by atoms with Gasteiger partial charge in [0, 0.05) is 17.1 Å². The van der Waals surface area contributed by atoms with Crippen molar-refractivity contribution in [3.63, 3.8) is 0 Å². The quantitative estimate of drug-likeness (QED) is 0.830. The summed E-state index contributed by atoms with van der Waals surface area (Å²) in [7, 11) is 1.65. The minimum atomic E-state index is 0.732. The van der Waals surface area contributed by atoms with Crippen LogP contribution in [-0.4, -0.2) is 28.6 Å². The Balaban J connectivity index is 2.17. The summed E-state index contributed by atoms with van der Waals surface area (Å²) in [6, 6.07) is 5.75. The molecule has 0 atom stereocenters. The molecular formula is C13H17BrN4O. The average molecular weight is 325 g/mol. The van der Waals surface area contributed by atoms with E-state index in [-0.39, 0.29) is 0 Å². The molecule has 0 fully saturated rings. The van der Waals surface area contributed by atoms with Gasteiger partial charge in [0.05, 0.1) is 24.7 Å². The molecule has 1 aromatic heterocycles. The van der Waals surface area contributed by atoms with Crippen LogP contribution in [-0.2, 0) is 6.54 Å². The van der Waals surface area contributed by atoms with Crippen molar-refractivity contribution >= 4 is 15.9 Å². The molecule has 2 rings (SSSR count). The fourth-order valence-corrected chi connectivity index (χ4v) is 2.11. The molecule has 5 nitrogen and oxygen atoms in total. The second-order valence-corrected chi connectivity index (χ2v) is 5.00. The number of hydrogen-bond donors (Lipinski definition) is 1. The van der Waals surface area contributed by atoms with Crippen LogP contribution in [0.4, 0.5) is 0 Å². The molecule has 0 aliphatic rings. The molecule has 0 spiro atoms. The summed E-state index contributed by atoms with van der Waals surface area (Å²) in [4.78, 5) is 0. The van der Waals surface area contributed by atoms with Gasteiger partial charge < -0.3 is 10.1 Å². The lowest BCUT2D eigenvalue weighted by Crippen LogP contribution is -2.13. The van der Waals surface area contributed by atoms with Gasteiger partial charge >= 0.3 is 0 Å². The fourth-order valence-electron chi connectivity index (χ4n) is 1.69. The molecule has 0 amide bonds. The lowest BCUT2D eigenvalue weighted by molar-refractivity contribution is 0.414. The van der Waals surface area contributed by atoms with E-state index in [1.165, 1.54) is 0 Å². The summed E-state index contributed by atoms with van der Waals surface area (Å²) < 4.78 is 7.92. The first-order valence-electron chi connectivity index (χ1n) is 6.20. The number of hydrogen-bond acceptors (Lipinski definition) is 4. The van der Waals surface area contributed by atoms with Gasteiger partial charge in [0.1, 0.15) is 5.75 Å². The number of methoxy groups -OCH3 is 1. The van der Waals surface area contributed by atoms with Gasteiger partial charge in [0.15, 0.2) is 0 Å². The third-order valence-corrected chi connectivity index (χ3v) is 3.34. The van der Waals surface area contributed by atoms with Crippen LogP contribution in [0.5, 0.6) is 5.75 Å². The van der Waals surface area contributed by atoms with Crippen LogP contribution >= 0.6 is 15.9 Å². The molecule has 102 valence electrons. The number of aromatic nitrogens is 3. The Morgan fingerprint density at radius 1 is 1.42 bits per heavy atom. The number of nitrogens with zero attached hydrogens (tertiary/aromatic N) is 3. The Morgan fingerprint density at radius 2 is 2.26 bits per heavy atom. The van der Waals surface area contributed by atoms with Crippen molar-refractivity contribution in [2.75, 3.05) is 13.7 Å². The van der Waals surface area contributed by atoms with Crippen LogP contribution < -0.4 is 10.1 Å². The molecule has 1 heterocycles. The first kappa shape index (κ1) is 14.0. The van der Waals surface area contributed by atoms with E-state index in [4.69, 9.17) is 4.74 Å². The summed E-state index contributed by atoms with van der Waals surface area (Å²) in [6.07, 6.45) is 3.03. The van der Waals surface area contributed by atoms with Crippen molar-refractivity contribution in [3.8, 4) is 11.4 Å². The van der Waals surface area contributed by atoms with Crippen molar-refractivity contribution in [3.05, 3.63) is 34.6 Å². The van der Waals surface area contributed by atoms with Gasteiger partial charge in [-0.25, -0.2) is 4.68 Å². The second kappa shape index (κ2) is 6.68. The Morgan fingerprint density at radius 3 is 3.00 bits per heavy atom. The lowest BCUT2D eigenvalue weighted by Gasteiger charge is -2.06. The molecule has 1 N–H and O–H groups in total. The molecule has 0 aliphatic heterocycles. The predicted molar refractivity (Wildman–Crippen MR) is 77.6 cm³/mol. The number of ether oxygens (including phenoxy) is 1. The number of benzene rings is 1. The first-order valence-corrected chi connectivity index (χ1v) is 6.99. The smallest absolute Gasteiger partial charge is 0.121 e. The zero-order chi connectivity index (χ0) is 13.7. The summed E-state index contributed by atoms with van der Waals surface area (Å²) in [6.45, 7) is 3.85. The monoisotopic (exact) mass is 324 g/mol. The highest BCUT2D eigenvalue weighted by molar-refractivity contribution is 9.10. The SMILES string of the molecule is CCCNCc1cn(-c2cc(OC)ccc2Br)nn1. The van der Waals surface area contributed by atoms with Crippen LogP contribution in [0.25, 0.3) is 5.69 Å². The number of rotatable bonds is 6. The zero-order valence-electron chi connectivity index (χ0n) is 11.1. The van der Waals surface area contributed by atoms with E-state index in [0.29, 0.717) is 0 Å². The summed E-state index contributed by atoms with van der Waals surface area (Å²) in [5.74, 6) is 0.791. The standard InChI is InChI=1S/C13H17BrN4O/c1-3-6-15-8-10-9-18(17-16-10)13-7-11(19-2)4-5-12(13)14/h4-5,7,9,15H,3,6,8H2,1-2H3. The van der Waals surface area contributed by atoms with Crippen LogP contribution in [0, 0.1) is 0 Å². The van der Waals surface area contributed by atoms with Gasteiger partial charge in [-0.05, 0) is 41.0 Å². The van der Waals surface area contributed by atoms with E-state index in [9.17, 15) is 0 Å². The number of nitrogens with one attached hydrogen (secondary N) is 1. The molecule has 1 aromatic carbocycles. The minimum Gasteiger partial charge on any atom is -0.497 e. The average Bonchev–Trinajstić information content (AvgIpc) is 2.88. The van der Waals surface area contributed by atoms with E-state index in [1.807, 2.05) is 24.4 Å². The summed E-state index contributed by atoms with van der Waals surface area (Å²) in [5, 5.41) is 11.6. The molecular weight excluding hydrogens is 308 g/mol. The zero-order valence-corrected chi connectivity index (χ0v) is 12.6. The molecule has 0 saturated carbocycles. The lowest BCUT2D eigenvalue weighted by atomic mass is 10.3. The number of halogens is 1. The molecule has 0 unspecified atom stereocenters. The fraction of sp³-hybridized carbons (Fsp3) is 0.385. The first-order chi connectivity index (χ1) is 9.24. The van der Waals surface area contributed by atoms with E-state index in [1.54, 1.807) is 11.8 Å². The predicted octanol–water partition coefficient (Wildman–Crippen LogP) is 2.54. The van der Waals surface area contributed by atoms with Crippen LogP contribution in [0.3, 0.4) is 0 Å². The van der Waals surface area contributed by atoms with Gasteiger partial charge in [-0.2, -0.15) is 0 Å². The third kappa shape index (κ3) is 3.54. The largest absolute Gasteiger partial charge is 0.497 e. The summed E-state index contributed by atoms with van der Waals surface area (Å²) >= 11 is 3.51. The van der Waals surface area contributed by atoms with Crippen LogP contribution in [0.2, 0.25) is 0 Å². The van der Waals surface area contributed by atoms with Gasteiger partial charge in [-0.1, -0.05) is 12.1 Å². The maximum Gasteiger partial charge on any atom is 0.121 e. The van der Waals surface area contributed by atoms with Crippen molar-refractivity contribution in [2.45, 2.75) is 19.9 Å². The highest BCUT2D eigenvalue weighted by Gasteiger charge is 2.07. The Labute approximate surface area is 121 Å². The Kier molecular flexibility index (Phi) is 4.93. The van der Waals surface area contributed by atoms with Gasteiger partial charge in [-0.15, -0.1) is 5.10 Å². The highest BCUT2D eigenvalue weighted by Crippen LogP contribution is 2.25. The van der Waals surface area contributed by atoms with Crippen LogP contribution in [0.15, 0.2) is 28.9 Å². The van der Waals surface area contributed by atoms with Gasteiger partial charge in [-0.3, -0.25) is 0 Å². The molecule has 19 heavy (non-hydrogen) atoms. The Bertz CT molecular complexity index is 541. The maximum atomic E-state index is 5.22. The third-order valence-electron chi connectivity index (χ3n) is 2.67. The second-order valence-electron chi connectivity index (χ2n) is 4.15. The van der Waals surface area contributed by atoms with Gasteiger partial charge in [0.2, 0.25) is 0 Å². The van der Waals surface area contributed by atoms with Crippen molar-refractivity contribution < 1.29 is 4.74 Å².